The number of benzene rings is 1. The number of rotatable bonds is 5. The molecule has 0 aromatic heterocycles. The monoisotopic (exact) mass is 352 g/mol. The van der Waals surface area contributed by atoms with Crippen LogP contribution in [0.25, 0.3) is 0 Å². The fourth-order valence-electron chi connectivity index (χ4n) is 3.53. The smallest absolute Gasteiger partial charge is 0.224 e. The van der Waals surface area contributed by atoms with Crippen LogP contribution in [0.4, 0.5) is 5.69 Å². The summed E-state index contributed by atoms with van der Waals surface area (Å²) in [5, 5.41) is 3.52. The Hall–Kier alpha value is -0.710. The summed E-state index contributed by atoms with van der Waals surface area (Å²) in [6, 6.07) is 8.21. The summed E-state index contributed by atoms with van der Waals surface area (Å²) in [6.07, 6.45) is 5.41. The molecule has 0 unspecified atom stereocenters. The minimum Gasteiger partial charge on any atom is -0.325 e. The molecule has 2 saturated heterocycles. The average Bonchev–Trinajstić information content (AvgIpc) is 3.10. The Morgan fingerprint density at radius 1 is 1.26 bits per heavy atom. The van der Waals surface area contributed by atoms with Gasteiger partial charge < -0.3 is 5.32 Å². The van der Waals surface area contributed by atoms with E-state index in [4.69, 9.17) is 11.6 Å². The van der Waals surface area contributed by atoms with Crippen molar-refractivity contribution in [3.63, 3.8) is 0 Å². The first-order valence-electron chi connectivity index (χ1n) is 8.58. The molecule has 126 valence electrons. The molecule has 3 rings (SSSR count). The zero-order valence-electron chi connectivity index (χ0n) is 13.5. The SMILES string of the molecule is O=C(CCC1CCN([C@H]2CCSC2)CC1)Nc1ccccc1Cl. The van der Waals surface area contributed by atoms with Crippen molar-refractivity contribution in [2.24, 2.45) is 5.92 Å². The molecule has 0 spiro atoms. The lowest BCUT2D eigenvalue weighted by Crippen LogP contribution is -2.41. The summed E-state index contributed by atoms with van der Waals surface area (Å²) in [7, 11) is 0. The van der Waals surface area contributed by atoms with Gasteiger partial charge in [-0.3, -0.25) is 9.69 Å². The number of para-hydroxylation sites is 1. The van der Waals surface area contributed by atoms with Crippen LogP contribution in [0.1, 0.15) is 32.1 Å². The van der Waals surface area contributed by atoms with E-state index in [1.807, 2.05) is 18.2 Å². The molecule has 1 atom stereocenters. The minimum absolute atomic E-state index is 0.0766. The van der Waals surface area contributed by atoms with Crippen molar-refractivity contribution >= 4 is 35.0 Å². The normalized spacial score (nSPS) is 23.1. The van der Waals surface area contributed by atoms with Gasteiger partial charge in [-0.2, -0.15) is 11.8 Å². The Morgan fingerprint density at radius 3 is 2.74 bits per heavy atom. The van der Waals surface area contributed by atoms with E-state index >= 15 is 0 Å². The quantitative estimate of drug-likeness (QED) is 0.858. The second-order valence-corrected chi connectivity index (χ2v) is 8.12. The average molecular weight is 353 g/mol. The molecular formula is C18H25ClN2OS. The van der Waals surface area contributed by atoms with E-state index in [2.05, 4.69) is 22.0 Å². The highest BCUT2D eigenvalue weighted by Gasteiger charge is 2.27. The summed E-state index contributed by atoms with van der Waals surface area (Å²) in [5.74, 6) is 3.41. The molecule has 2 aliphatic rings. The first-order chi connectivity index (χ1) is 11.2. The van der Waals surface area contributed by atoms with Crippen LogP contribution >= 0.6 is 23.4 Å². The topological polar surface area (TPSA) is 32.3 Å². The van der Waals surface area contributed by atoms with E-state index in [9.17, 15) is 4.79 Å². The zero-order valence-corrected chi connectivity index (χ0v) is 15.0. The van der Waals surface area contributed by atoms with Gasteiger partial charge in [-0.05, 0) is 62.6 Å². The number of nitrogens with one attached hydrogen (secondary N) is 1. The first-order valence-corrected chi connectivity index (χ1v) is 10.1. The summed E-state index contributed by atoms with van der Waals surface area (Å²) in [6.45, 7) is 2.42. The summed E-state index contributed by atoms with van der Waals surface area (Å²) >= 11 is 8.16. The molecule has 0 radical (unpaired) electrons. The predicted molar refractivity (Wildman–Crippen MR) is 99.3 cm³/mol. The van der Waals surface area contributed by atoms with Crippen molar-refractivity contribution in [3.05, 3.63) is 29.3 Å². The van der Waals surface area contributed by atoms with Gasteiger partial charge in [-0.25, -0.2) is 0 Å². The maximum Gasteiger partial charge on any atom is 0.224 e. The van der Waals surface area contributed by atoms with E-state index in [0.717, 1.165) is 12.5 Å². The number of carbonyl (C=O) groups is 1. The molecule has 0 aliphatic carbocycles. The van der Waals surface area contributed by atoms with E-state index in [0.29, 0.717) is 23.0 Å². The van der Waals surface area contributed by atoms with Gasteiger partial charge >= 0.3 is 0 Å². The third-order valence-corrected chi connectivity index (χ3v) is 6.47. The van der Waals surface area contributed by atoms with Crippen LogP contribution in [0, 0.1) is 5.92 Å². The number of amides is 1. The van der Waals surface area contributed by atoms with Crippen molar-refractivity contribution < 1.29 is 4.79 Å². The molecule has 2 aliphatic heterocycles. The maximum absolute atomic E-state index is 12.1. The molecule has 3 nitrogen and oxygen atoms in total. The standard InChI is InChI=1S/C18H25ClN2OS/c19-16-3-1-2-4-17(16)20-18(22)6-5-14-7-10-21(11-8-14)15-9-12-23-13-15/h1-4,14-15H,5-13H2,(H,20,22)/t15-/m0/s1. The van der Waals surface area contributed by atoms with E-state index in [1.165, 1.54) is 43.9 Å². The molecule has 5 heteroatoms. The molecular weight excluding hydrogens is 328 g/mol. The largest absolute Gasteiger partial charge is 0.325 e. The third-order valence-electron chi connectivity index (χ3n) is 5.00. The summed E-state index contributed by atoms with van der Waals surface area (Å²) in [5.41, 5.74) is 0.715. The van der Waals surface area contributed by atoms with Crippen molar-refractivity contribution in [2.45, 2.75) is 38.1 Å². The lowest BCUT2D eigenvalue weighted by Gasteiger charge is -2.35. The lowest BCUT2D eigenvalue weighted by atomic mass is 9.91. The Morgan fingerprint density at radius 2 is 2.04 bits per heavy atom. The van der Waals surface area contributed by atoms with E-state index in [1.54, 1.807) is 6.07 Å². The molecule has 0 saturated carbocycles. The van der Waals surface area contributed by atoms with Crippen molar-refractivity contribution in [1.29, 1.82) is 0 Å². The summed E-state index contributed by atoms with van der Waals surface area (Å²) in [4.78, 5) is 14.8. The Kier molecular flexibility index (Phi) is 6.26. The van der Waals surface area contributed by atoms with Gasteiger partial charge in [-0.1, -0.05) is 23.7 Å². The van der Waals surface area contributed by atoms with Crippen molar-refractivity contribution in [1.82, 2.24) is 4.90 Å². The van der Waals surface area contributed by atoms with Crippen LogP contribution in [0.5, 0.6) is 0 Å². The molecule has 1 aromatic rings. The van der Waals surface area contributed by atoms with Crippen LogP contribution in [-0.4, -0.2) is 41.4 Å². The Balaban J connectivity index is 1.38. The Bertz CT molecular complexity index is 526. The second-order valence-electron chi connectivity index (χ2n) is 6.56. The highest BCUT2D eigenvalue weighted by atomic mass is 35.5. The predicted octanol–water partition coefficient (Wildman–Crippen LogP) is 4.28. The first kappa shape index (κ1) is 17.1. The lowest BCUT2D eigenvalue weighted by molar-refractivity contribution is -0.116. The number of piperidine rings is 1. The minimum atomic E-state index is 0.0766. The van der Waals surface area contributed by atoms with Gasteiger partial charge in [0.05, 0.1) is 10.7 Å². The van der Waals surface area contributed by atoms with Gasteiger partial charge in [0.1, 0.15) is 0 Å². The van der Waals surface area contributed by atoms with Crippen LogP contribution in [0.3, 0.4) is 0 Å². The fourth-order valence-corrected chi connectivity index (χ4v) is 4.97. The molecule has 1 amide bonds. The molecule has 2 fully saturated rings. The molecule has 2 heterocycles. The zero-order chi connectivity index (χ0) is 16.1. The van der Waals surface area contributed by atoms with Crippen molar-refractivity contribution in [2.75, 3.05) is 29.9 Å². The van der Waals surface area contributed by atoms with Crippen LogP contribution in [0.2, 0.25) is 5.02 Å². The number of nitrogens with zero attached hydrogens (tertiary/aromatic N) is 1. The summed E-state index contributed by atoms with van der Waals surface area (Å²) < 4.78 is 0. The van der Waals surface area contributed by atoms with Gasteiger partial charge in [-0.15, -0.1) is 0 Å². The molecule has 1 N–H and O–H groups in total. The Labute approximate surface area is 148 Å². The van der Waals surface area contributed by atoms with Gasteiger partial charge in [0.25, 0.3) is 0 Å². The van der Waals surface area contributed by atoms with Crippen LogP contribution in [-0.2, 0) is 4.79 Å². The van der Waals surface area contributed by atoms with Crippen LogP contribution < -0.4 is 5.32 Å². The van der Waals surface area contributed by atoms with Crippen molar-refractivity contribution in [3.8, 4) is 0 Å². The maximum atomic E-state index is 12.1. The van der Waals surface area contributed by atoms with Gasteiger partial charge in [0.2, 0.25) is 5.91 Å². The number of carbonyl (C=O) groups excluding carboxylic acids is 1. The highest BCUT2D eigenvalue weighted by Crippen LogP contribution is 2.29. The van der Waals surface area contributed by atoms with E-state index < -0.39 is 0 Å². The number of likely N-dealkylation sites (tertiary alicyclic amines) is 1. The van der Waals surface area contributed by atoms with Gasteiger partial charge in [0, 0.05) is 18.2 Å². The van der Waals surface area contributed by atoms with Crippen LogP contribution in [0.15, 0.2) is 24.3 Å². The molecule has 0 bridgehead atoms. The molecule has 1 aromatic carbocycles. The molecule has 23 heavy (non-hydrogen) atoms. The number of halogens is 1. The highest BCUT2D eigenvalue weighted by molar-refractivity contribution is 7.99. The second kappa shape index (κ2) is 8.41. The number of hydrogen-bond donors (Lipinski definition) is 1. The number of thioether (sulfide) groups is 1. The number of anilines is 1. The van der Waals surface area contributed by atoms with Gasteiger partial charge in [0.15, 0.2) is 0 Å². The number of hydrogen-bond acceptors (Lipinski definition) is 3. The van der Waals surface area contributed by atoms with E-state index in [-0.39, 0.29) is 5.91 Å². The fraction of sp³-hybridized carbons (Fsp3) is 0.611. The third kappa shape index (κ3) is 4.88.